The number of hydrogen-bond acceptors (Lipinski definition) is 7. The molecular formula is C18H12ClN3O5. The summed E-state index contributed by atoms with van der Waals surface area (Å²) in [5.74, 6) is 2.36. The maximum Gasteiger partial charge on any atom is 0.265 e. The number of benzene rings is 2. The third-order valence-corrected chi connectivity index (χ3v) is 4.49. The second-order valence-electron chi connectivity index (χ2n) is 5.96. The summed E-state index contributed by atoms with van der Waals surface area (Å²) in [5, 5.41) is 4.53. The van der Waals surface area contributed by atoms with E-state index in [9.17, 15) is 4.79 Å². The number of anilines is 1. The number of carbonyl (C=O) groups is 1. The lowest BCUT2D eigenvalue weighted by Gasteiger charge is -2.28. The van der Waals surface area contributed by atoms with Gasteiger partial charge in [0.1, 0.15) is 12.3 Å². The molecule has 0 spiro atoms. The van der Waals surface area contributed by atoms with Crippen LogP contribution < -0.4 is 19.1 Å². The fourth-order valence-electron chi connectivity index (χ4n) is 2.96. The van der Waals surface area contributed by atoms with Gasteiger partial charge in [-0.05, 0) is 30.3 Å². The van der Waals surface area contributed by atoms with Gasteiger partial charge in [0.2, 0.25) is 18.5 Å². The molecule has 0 atom stereocenters. The minimum atomic E-state index is -0.201. The van der Waals surface area contributed by atoms with Crippen LogP contribution in [0.3, 0.4) is 0 Å². The largest absolute Gasteiger partial charge is 0.482 e. The van der Waals surface area contributed by atoms with Crippen LogP contribution in [0.5, 0.6) is 17.2 Å². The van der Waals surface area contributed by atoms with Crippen LogP contribution in [0.4, 0.5) is 5.69 Å². The van der Waals surface area contributed by atoms with Crippen molar-refractivity contribution in [3.63, 3.8) is 0 Å². The third-order valence-electron chi connectivity index (χ3n) is 4.26. The number of carbonyl (C=O) groups excluding carboxylic acids is 1. The van der Waals surface area contributed by atoms with Gasteiger partial charge >= 0.3 is 0 Å². The Morgan fingerprint density at radius 3 is 2.85 bits per heavy atom. The van der Waals surface area contributed by atoms with E-state index in [1.807, 2.05) is 6.07 Å². The van der Waals surface area contributed by atoms with Gasteiger partial charge in [-0.2, -0.15) is 4.98 Å². The molecule has 0 unspecified atom stereocenters. The highest BCUT2D eigenvalue weighted by atomic mass is 35.5. The lowest BCUT2D eigenvalue weighted by atomic mass is 10.2. The molecule has 2 aromatic carbocycles. The average Bonchev–Trinajstić information content (AvgIpc) is 3.32. The summed E-state index contributed by atoms with van der Waals surface area (Å²) in [6.45, 7) is 0.254. The van der Waals surface area contributed by atoms with Crippen molar-refractivity contribution >= 4 is 23.2 Å². The molecule has 0 aliphatic carbocycles. The molecule has 8 nitrogen and oxygen atoms in total. The summed E-state index contributed by atoms with van der Waals surface area (Å²) in [6, 6.07) is 10.5. The van der Waals surface area contributed by atoms with Crippen LogP contribution in [-0.2, 0) is 11.3 Å². The van der Waals surface area contributed by atoms with Crippen molar-refractivity contribution in [1.29, 1.82) is 0 Å². The van der Waals surface area contributed by atoms with Crippen LogP contribution in [0.2, 0.25) is 5.02 Å². The standard InChI is InChI=1S/C18H12ClN3O5/c19-11-2-3-12-14(6-11)24-8-17(23)22(12)7-16-20-18(21-27-16)10-1-4-13-15(5-10)26-9-25-13/h1-6H,7-9H2. The van der Waals surface area contributed by atoms with E-state index in [2.05, 4.69) is 10.1 Å². The van der Waals surface area contributed by atoms with Gasteiger partial charge in [0.15, 0.2) is 18.1 Å². The maximum absolute atomic E-state index is 12.3. The van der Waals surface area contributed by atoms with Crippen LogP contribution in [0.1, 0.15) is 5.89 Å². The number of rotatable bonds is 3. The quantitative estimate of drug-likeness (QED) is 0.684. The van der Waals surface area contributed by atoms with Gasteiger partial charge in [0.25, 0.3) is 5.91 Å². The number of amides is 1. The van der Waals surface area contributed by atoms with E-state index in [0.29, 0.717) is 39.7 Å². The molecule has 0 fully saturated rings. The second kappa shape index (κ2) is 6.17. The monoisotopic (exact) mass is 385 g/mol. The molecule has 2 aliphatic rings. The van der Waals surface area contributed by atoms with Crippen LogP contribution >= 0.6 is 11.6 Å². The Kier molecular flexibility index (Phi) is 3.64. The fourth-order valence-corrected chi connectivity index (χ4v) is 3.12. The number of halogens is 1. The Bertz CT molecular complexity index is 1050. The molecule has 5 rings (SSSR count). The van der Waals surface area contributed by atoms with Crippen molar-refractivity contribution in [2.45, 2.75) is 6.54 Å². The van der Waals surface area contributed by atoms with Crippen molar-refractivity contribution in [3.8, 4) is 28.6 Å². The molecule has 0 bridgehead atoms. The van der Waals surface area contributed by atoms with Crippen LogP contribution in [0.15, 0.2) is 40.9 Å². The van der Waals surface area contributed by atoms with E-state index < -0.39 is 0 Å². The average molecular weight is 386 g/mol. The molecular weight excluding hydrogens is 374 g/mol. The number of hydrogen-bond donors (Lipinski definition) is 0. The maximum atomic E-state index is 12.3. The van der Waals surface area contributed by atoms with Crippen molar-refractivity contribution in [2.24, 2.45) is 0 Å². The van der Waals surface area contributed by atoms with Gasteiger partial charge < -0.3 is 18.7 Å². The number of fused-ring (bicyclic) bond motifs is 2. The molecule has 136 valence electrons. The van der Waals surface area contributed by atoms with Gasteiger partial charge in [-0.1, -0.05) is 16.8 Å². The summed E-state index contributed by atoms with van der Waals surface area (Å²) < 4.78 is 21.4. The smallest absolute Gasteiger partial charge is 0.265 e. The van der Waals surface area contributed by atoms with E-state index >= 15 is 0 Å². The predicted molar refractivity (Wildman–Crippen MR) is 94.0 cm³/mol. The number of ether oxygens (including phenoxy) is 3. The van der Waals surface area contributed by atoms with E-state index in [1.54, 1.807) is 30.3 Å². The third kappa shape index (κ3) is 2.83. The lowest BCUT2D eigenvalue weighted by molar-refractivity contribution is -0.121. The Balaban J connectivity index is 1.42. The zero-order valence-electron chi connectivity index (χ0n) is 13.8. The van der Waals surface area contributed by atoms with Crippen LogP contribution in [0, 0.1) is 0 Å². The Labute approximate surface area is 158 Å². The SMILES string of the molecule is O=C1COc2cc(Cl)ccc2N1Cc1nc(-c2ccc3c(c2)OCO3)no1. The summed E-state index contributed by atoms with van der Waals surface area (Å²) >= 11 is 5.99. The molecule has 1 amide bonds. The van der Waals surface area contributed by atoms with Crippen molar-refractivity contribution < 1.29 is 23.5 Å². The van der Waals surface area contributed by atoms with Gasteiger partial charge in [0, 0.05) is 16.7 Å². The van der Waals surface area contributed by atoms with E-state index in [4.69, 9.17) is 30.3 Å². The molecule has 9 heteroatoms. The molecule has 3 aromatic rings. The molecule has 27 heavy (non-hydrogen) atoms. The first-order valence-electron chi connectivity index (χ1n) is 8.13. The first-order valence-corrected chi connectivity index (χ1v) is 8.50. The van der Waals surface area contributed by atoms with E-state index in [0.717, 1.165) is 5.56 Å². The van der Waals surface area contributed by atoms with Crippen molar-refractivity contribution in [1.82, 2.24) is 10.1 Å². The summed E-state index contributed by atoms with van der Waals surface area (Å²) in [5.41, 5.74) is 1.34. The Hall–Kier alpha value is -3.26. The minimum Gasteiger partial charge on any atom is -0.482 e. The Morgan fingerprint density at radius 2 is 1.93 bits per heavy atom. The molecule has 0 saturated carbocycles. The van der Waals surface area contributed by atoms with Gasteiger partial charge in [-0.15, -0.1) is 0 Å². The first-order chi connectivity index (χ1) is 13.2. The predicted octanol–water partition coefficient (Wildman–Crippen LogP) is 3.04. The Morgan fingerprint density at radius 1 is 1.04 bits per heavy atom. The molecule has 0 N–H and O–H groups in total. The van der Waals surface area contributed by atoms with Crippen molar-refractivity contribution in [2.75, 3.05) is 18.3 Å². The zero-order valence-corrected chi connectivity index (χ0v) is 14.6. The van der Waals surface area contributed by atoms with Crippen molar-refractivity contribution in [3.05, 3.63) is 47.3 Å². The molecule has 3 heterocycles. The second-order valence-corrected chi connectivity index (χ2v) is 6.40. The van der Waals surface area contributed by atoms with E-state index in [-0.39, 0.29) is 25.9 Å². The van der Waals surface area contributed by atoms with Crippen LogP contribution in [-0.4, -0.2) is 29.4 Å². The van der Waals surface area contributed by atoms with Gasteiger partial charge in [-0.25, -0.2) is 0 Å². The highest BCUT2D eigenvalue weighted by Crippen LogP contribution is 2.36. The summed E-state index contributed by atoms with van der Waals surface area (Å²) in [7, 11) is 0. The minimum absolute atomic E-state index is 0.0729. The molecule has 1 aromatic heterocycles. The highest BCUT2D eigenvalue weighted by Gasteiger charge is 2.28. The normalized spacial score (nSPS) is 14.9. The van der Waals surface area contributed by atoms with Gasteiger partial charge in [-0.3, -0.25) is 9.69 Å². The highest BCUT2D eigenvalue weighted by molar-refractivity contribution is 6.30. The lowest BCUT2D eigenvalue weighted by Crippen LogP contribution is -2.38. The number of nitrogens with zero attached hydrogens (tertiary/aromatic N) is 3. The zero-order chi connectivity index (χ0) is 18.4. The summed E-state index contributed by atoms with van der Waals surface area (Å²) in [6.07, 6.45) is 0. The topological polar surface area (TPSA) is 86.9 Å². The van der Waals surface area contributed by atoms with Gasteiger partial charge in [0.05, 0.1) is 5.69 Å². The van der Waals surface area contributed by atoms with Crippen LogP contribution in [0.25, 0.3) is 11.4 Å². The molecule has 2 aliphatic heterocycles. The number of aromatic nitrogens is 2. The molecule has 0 radical (unpaired) electrons. The molecule has 0 saturated heterocycles. The fraction of sp³-hybridized carbons (Fsp3) is 0.167. The first kappa shape index (κ1) is 16.0. The summed E-state index contributed by atoms with van der Waals surface area (Å²) in [4.78, 5) is 18.2. The van der Waals surface area contributed by atoms with E-state index in [1.165, 1.54) is 4.90 Å².